The standard InChI is InChI=1S/C20H14F2N2O2.ClH/c21-15-6-4-13(9-17(15)23)19(25)11-2-1-3-12(8-11)20(26)14-5-7-16(22)18(24)10-14;/h1-10H,23-24H2;1H. The molecule has 0 aliphatic heterocycles. The molecule has 138 valence electrons. The Hall–Kier alpha value is -3.25. The number of rotatable bonds is 4. The molecule has 4 N–H and O–H groups in total. The second kappa shape index (κ2) is 7.97. The second-order valence-corrected chi connectivity index (χ2v) is 5.71. The summed E-state index contributed by atoms with van der Waals surface area (Å²) in [4.78, 5) is 25.1. The summed E-state index contributed by atoms with van der Waals surface area (Å²) < 4.78 is 26.5. The van der Waals surface area contributed by atoms with E-state index in [4.69, 9.17) is 11.5 Å². The molecule has 0 bridgehead atoms. The lowest BCUT2D eigenvalue weighted by Crippen LogP contribution is -2.07. The van der Waals surface area contributed by atoms with Crippen molar-refractivity contribution in [3.63, 3.8) is 0 Å². The Morgan fingerprint density at radius 3 is 1.37 bits per heavy atom. The molecule has 3 rings (SSSR count). The summed E-state index contributed by atoms with van der Waals surface area (Å²) in [7, 11) is 0. The van der Waals surface area contributed by atoms with Crippen LogP contribution < -0.4 is 11.5 Å². The smallest absolute Gasteiger partial charge is 0.193 e. The van der Waals surface area contributed by atoms with Crippen LogP contribution in [0.2, 0.25) is 0 Å². The third-order valence-electron chi connectivity index (χ3n) is 3.90. The maximum atomic E-state index is 13.3. The fourth-order valence-electron chi connectivity index (χ4n) is 2.50. The fraction of sp³-hybridized carbons (Fsp3) is 0. The summed E-state index contributed by atoms with van der Waals surface area (Å²) in [6, 6.07) is 13.4. The lowest BCUT2D eigenvalue weighted by molar-refractivity contribution is 0.103. The van der Waals surface area contributed by atoms with E-state index in [9.17, 15) is 18.4 Å². The van der Waals surface area contributed by atoms with Crippen molar-refractivity contribution >= 4 is 35.3 Å². The number of hydrogen-bond donors (Lipinski definition) is 2. The first-order chi connectivity index (χ1) is 12.4. The molecule has 0 atom stereocenters. The van der Waals surface area contributed by atoms with Gasteiger partial charge < -0.3 is 11.5 Å². The highest BCUT2D eigenvalue weighted by molar-refractivity contribution is 6.13. The highest BCUT2D eigenvalue weighted by atomic mass is 35.5. The molecule has 0 spiro atoms. The average molecular weight is 389 g/mol. The van der Waals surface area contributed by atoms with E-state index in [1.165, 1.54) is 42.5 Å². The maximum Gasteiger partial charge on any atom is 0.193 e. The predicted molar refractivity (Wildman–Crippen MR) is 102 cm³/mol. The van der Waals surface area contributed by atoms with Crippen LogP contribution in [-0.4, -0.2) is 11.6 Å². The van der Waals surface area contributed by atoms with Crippen LogP contribution in [-0.2, 0) is 0 Å². The molecule has 0 fully saturated rings. The number of benzene rings is 3. The van der Waals surface area contributed by atoms with Gasteiger partial charge in [-0.05, 0) is 42.5 Å². The Labute approximate surface area is 160 Å². The van der Waals surface area contributed by atoms with E-state index in [-0.39, 0.29) is 46.0 Å². The molecule has 0 aromatic heterocycles. The topological polar surface area (TPSA) is 86.2 Å². The molecule has 27 heavy (non-hydrogen) atoms. The Bertz CT molecular complexity index is 959. The fourth-order valence-corrected chi connectivity index (χ4v) is 2.50. The number of anilines is 2. The number of carbonyl (C=O) groups is 2. The van der Waals surface area contributed by atoms with Gasteiger partial charge in [-0.25, -0.2) is 8.78 Å². The number of ketones is 2. The van der Waals surface area contributed by atoms with E-state index in [0.717, 1.165) is 12.1 Å². The van der Waals surface area contributed by atoms with Gasteiger partial charge in [-0.3, -0.25) is 9.59 Å². The molecule has 3 aromatic carbocycles. The van der Waals surface area contributed by atoms with Gasteiger partial charge in [-0.1, -0.05) is 18.2 Å². The van der Waals surface area contributed by atoms with Crippen LogP contribution >= 0.6 is 12.4 Å². The van der Waals surface area contributed by atoms with Crippen molar-refractivity contribution in [2.45, 2.75) is 0 Å². The predicted octanol–water partition coefficient (Wildman–Crippen LogP) is 4.01. The molecular weight excluding hydrogens is 374 g/mol. The molecule has 4 nitrogen and oxygen atoms in total. The highest BCUT2D eigenvalue weighted by Crippen LogP contribution is 2.20. The summed E-state index contributed by atoms with van der Waals surface area (Å²) in [5.41, 5.74) is 11.6. The van der Waals surface area contributed by atoms with E-state index in [2.05, 4.69) is 0 Å². The van der Waals surface area contributed by atoms with Crippen molar-refractivity contribution in [3.8, 4) is 0 Å². The molecule has 0 saturated heterocycles. The van der Waals surface area contributed by atoms with E-state index >= 15 is 0 Å². The zero-order chi connectivity index (χ0) is 18.8. The number of nitrogen functional groups attached to an aromatic ring is 2. The Balaban J connectivity index is 0.00000261. The van der Waals surface area contributed by atoms with Crippen LogP contribution in [0.3, 0.4) is 0 Å². The second-order valence-electron chi connectivity index (χ2n) is 5.71. The molecule has 0 amide bonds. The van der Waals surface area contributed by atoms with Gasteiger partial charge >= 0.3 is 0 Å². The molecule has 0 unspecified atom stereocenters. The third-order valence-corrected chi connectivity index (χ3v) is 3.90. The summed E-state index contributed by atoms with van der Waals surface area (Å²) >= 11 is 0. The molecule has 3 aromatic rings. The molecule has 7 heteroatoms. The molecule has 0 aliphatic rings. The summed E-state index contributed by atoms with van der Waals surface area (Å²) in [6.45, 7) is 0. The van der Waals surface area contributed by atoms with Gasteiger partial charge in [-0.15, -0.1) is 12.4 Å². The van der Waals surface area contributed by atoms with Crippen LogP contribution in [0.1, 0.15) is 31.8 Å². The number of nitrogens with two attached hydrogens (primary N) is 2. The molecule has 0 radical (unpaired) electrons. The van der Waals surface area contributed by atoms with E-state index < -0.39 is 23.2 Å². The quantitative estimate of drug-likeness (QED) is 0.522. The van der Waals surface area contributed by atoms with Crippen molar-refractivity contribution in [1.29, 1.82) is 0 Å². The van der Waals surface area contributed by atoms with E-state index in [1.807, 2.05) is 0 Å². The zero-order valence-electron chi connectivity index (χ0n) is 13.9. The van der Waals surface area contributed by atoms with E-state index in [0.29, 0.717) is 0 Å². The van der Waals surface area contributed by atoms with Gasteiger partial charge in [0.15, 0.2) is 11.6 Å². The Kier molecular flexibility index (Phi) is 5.92. The number of hydrogen-bond acceptors (Lipinski definition) is 4. The Morgan fingerprint density at radius 2 is 1.00 bits per heavy atom. The summed E-state index contributed by atoms with van der Waals surface area (Å²) in [5.74, 6) is -2.02. The molecule has 0 heterocycles. The average Bonchev–Trinajstić information content (AvgIpc) is 2.65. The van der Waals surface area contributed by atoms with E-state index in [1.54, 1.807) is 6.07 Å². The van der Waals surface area contributed by atoms with Gasteiger partial charge in [0.1, 0.15) is 11.6 Å². The lowest BCUT2D eigenvalue weighted by atomic mass is 9.97. The van der Waals surface area contributed by atoms with Crippen molar-refractivity contribution < 1.29 is 18.4 Å². The third kappa shape index (κ3) is 4.12. The first-order valence-electron chi connectivity index (χ1n) is 7.66. The minimum atomic E-state index is -0.612. The SMILES string of the molecule is Cl.Nc1cc(C(=O)c2cccc(C(=O)c3ccc(F)c(N)c3)c2)ccc1F. The van der Waals surface area contributed by atoms with Crippen LogP contribution in [0.5, 0.6) is 0 Å². The van der Waals surface area contributed by atoms with Crippen LogP contribution in [0, 0.1) is 11.6 Å². The van der Waals surface area contributed by atoms with Gasteiger partial charge in [0.2, 0.25) is 0 Å². The van der Waals surface area contributed by atoms with Crippen LogP contribution in [0.4, 0.5) is 20.2 Å². The van der Waals surface area contributed by atoms with Crippen molar-refractivity contribution in [2.24, 2.45) is 0 Å². The maximum absolute atomic E-state index is 13.3. The van der Waals surface area contributed by atoms with Gasteiger partial charge in [0.25, 0.3) is 0 Å². The molecule has 0 aliphatic carbocycles. The van der Waals surface area contributed by atoms with Crippen molar-refractivity contribution in [1.82, 2.24) is 0 Å². The molecular formula is C20H15ClF2N2O2. The largest absolute Gasteiger partial charge is 0.396 e. The summed E-state index contributed by atoms with van der Waals surface area (Å²) in [5, 5.41) is 0. The monoisotopic (exact) mass is 388 g/mol. The van der Waals surface area contributed by atoms with Crippen molar-refractivity contribution in [2.75, 3.05) is 11.5 Å². The minimum Gasteiger partial charge on any atom is -0.396 e. The Morgan fingerprint density at radius 1 is 0.630 bits per heavy atom. The van der Waals surface area contributed by atoms with Gasteiger partial charge in [0.05, 0.1) is 11.4 Å². The normalized spacial score (nSPS) is 10.1. The lowest BCUT2D eigenvalue weighted by Gasteiger charge is -2.07. The zero-order valence-corrected chi connectivity index (χ0v) is 14.7. The number of halogens is 3. The van der Waals surface area contributed by atoms with Gasteiger partial charge in [0, 0.05) is 22.3 Å². The first-order valence-corrected chi connectivity index (χ1v) is 7.66. The van der Waals surface area contributed by atoms with Gasteiger partial charge in [-0.2, -0.15) is 0 Å². The first kappa shape index (κ1) is 20.1. The minimum absolute atomic E-state index is 0. The van der Waals surface area contributed by atoms with Crippen molar-refractivity contribution in [3.05, 3.63) is 94.6 Å². The number of carbonyl (C=O) groups excluding carboxylic acids is 2. The van der Waals surface area contributed by atoms with Crippen LogP contribution in [0.25, 0.3) is 0 Å². The summed E-state index contributed by atoms with van der Waals surface area (Å²) in [6.07, 6.45) is 0. The van der Waals surface area contributed by atoms with Crippen LogP contribution in [0.15, 0.2) is 60.7 Å². The highest BCUT2D eigenvalue weighted by Gasteiger charge is 2.15. The molecule has 0 saturated carbocycles.